The minimum Gasteiger partial charge on any atom is -0.380 e. The van der Waals surface area contributed by atoms with Crippen LogP contribution in [0.5, 0.6) is 0 Å². The second kappa shape index (κ2) is 3.35. The van der Waals surface area contributed by atoms with Crippen LogP contribution in [-0.2, 0) is 4.74 Å². The van der Waals surface area contributed by atoms with E-state index in [2.05, 4.69) is 12.2 Å². The first-order chi connectivity index (χ1) is 4.77. The fourth-order valence-electron chi connectivity index (χ4n) is 1.81. The smallest absolute Gasteiger partial charge is 0.0726 e. The largest absolute Gasteiger partial charge is 0.380 e. The SMILES string of the molecule is CNC1CC(C)CC1OC. The molecule has 1 saturated carbocycles. The van der Waals surface area contributed by atoms with Crippen molar-refractivity contribution in [3.8, 4) is 0 Å². The molecule has 2 heteroatoms. The lowest BCUT2D eigenvalue weighted by molar-refractivity contribution is 0.0858. The molecule has 1 aliphatic rings. The van der Waals surface area contributed by atoms with Crippen molar-refractivity contribution in [1.29, 1.82) is 0 Å². The van der Waals surface area contributed by atoms with Crippen LogP contribution in [0.25, 0.3) is 0 Å². The molecule has 60 valence electrons. The molecule has 10 heavy (non-hydrogen) atoms. The highest BCUT2D eigenvalue weighted by atomic mass is 16.5. The van der Waals surface area contributed by atoms with Gasteiger partial charge in [-0.1, -0.05) is 6.92 Å². The van der Waals surface area contributed by atoms with Crippen LogP contribution in [0.3, 0.4) is 0 Å². The van der Waals surface area contributed by atoms with Gasteiger partial charge in [-0.25, -0.2) is 0 Å². The maximum atomic E-state index is 5.32. The maximum absolute atomic E-state index is 5.32. The normalized spacial score (nSPS) is 40.5. The first-order valence-electron chi connectivity index (χ1n) is 3.98. The number of ether oxygens (including phenoxy) is 1. The van der Waals surface area contributed by atoms with Crippen LogP contribution in [0.2, 0.25) is 0 Å². The molecule has 0 aliphatic heterocycles. The van der Waals surface area contributed by atoms with Crippen LogP contribution < -0.4 is 5.32 Å². The number of hydrogen-bond acceptors (Lipinski definition) is 2. The van der Waals surface area contributed by atoms with Crippen molar-refractivity contribution in [1.82, 2.24) is 5.32 Å². The molecule has 0 aromatic carbocycles. The van der Waals surface area contributed by atoms with Crippen LogP contribution in [0, 0.1) is 5.92 Å². The molecular formula is C8H17NO. The summed E-state index contributed by atoms with van der Waals surface area (Å²) in [5.41, 5.74) is 0. The number of hydrogen-bond donors (Lipinski definition) is 1. The second-order valence-electron chi connectivity index (χ2n) is 3.25. The Morgan fingerprint density at radius 3 is 2.50 bits per heavy atom. The van der Waals surface area contributed by atoms with Crippen LogP contribution >= 0.6 is 0 Å². The van der Waals surface area contributed by atoms with E-state index in [1.807, 2.05) is 7.05 Å². The molecule has 0 amide bonds. The molecule has 3 unspecified atom stereocenters. The lowest BCUT2D eigenvalue weighted by Gasteiger charge is -2.16. The third-order valence-electron chi connectivity index (χ3n) is 2.41. The van der Waals surface area contributed by atoms with E-state index in [0.717, 1.165) is 5.92 Å². The van der Waals surface area contributed by atoms with Gasteiger partial charge in [-0.15, -0.1) is 0 Å². The van der Waals surface area contributed by atoms with Crippen LogP contribution in [0.1, 0.15) is 19.8 Å². The molecule has 3 atom stereocenters. The average molecular weight is 143 g/mol. The Kier molecular flexibility index (Phi) is 2.69. The van der Waals surface area contributed by atoms with Gasteiger partial charge in [-0.3, -0.25) is 0 Å². The fourth-order valence-corrected chi connectivity index (χ4v) is 1.81. The van der Waals surface area contributed by atoms with Gasteiger partial charge >= 0.3 is 0 Å². The molecular weight excluding hydrogens is 126 g/mol. The topological polar surface area (TPSA) is 21.3 Å². The number of nitrogens with one attached hydrogen (secondary N) is 1. The Hall–Kier alpha value is -0.0800. The number of likely N-dealkylation sites (N-methyl/N-ethyl adjacent to an activating group) is 1. The van der Waals surface area contributed by atoms with Crippen LogP contribution in [0.4, 0.5) is 0 Å². The van der Waals surface area contributed by atoms with Gasteiger partial charge in [0.15, 0.2) is 0 Å². The van der Waals surface area contributed by atoms with Crippen molar-refractivity contribution in [2.75, 3.05) is 14.2 Å². The van der Waals surface area contributed by atoms with E-state index in [1.165, 1.54) is 12.8 Å². The first-order valence-corrected chi connectivity index (χ1v) is 3.98. The summed E-state index contributed by atoms with van der Waals surface area (Å²) in [6, 6.07) is 0.583. The molecule has 0 heterocycles. The predicted molar refractivity (Wildman–Crippen MR) is 42.0 cm³/mol. The van der Waals surface area contributed by atoms with Crippen LogP contribution in [-0.4, -0.2) is 26.3 Å². The highest BCUT2D eigenvalue weighted by molar-refractivity contribution is 4.86. The molecule has 1 N–H and O–H groups in total. The third-order valence-corrected chi connectivity index (χ3v) is 2.41. The van der Waals surface area contributed by atoms with E-state index in [0.29, 0.717) is 12.1 Å². The van der Waals surface area contributed by atoms with Crippen molar-refractivity contribution < 1.29 is 4.74 Å². The second-order valence-corrected chi connectivity index (χ2v) is 3.25. The van der Waals surface area contributed by atoms with Crippen molar-refractivity contribution in [2.45, 2.75) is 31.9 Å². The number of rotatable bonds is 2. The van der Waals surface area contributed by atoms with E-state index >= 15 is 0 Å². The zero-order chi connectivity index (χ0) is 7.56. The zero-order valence-corrected chi connectivity index (χ0v) is 7.05. The first kappa shape index (κ1) is 8.02. The summed E-state index contributed by atoms with van der Waals surface area (Å²) < 4.78 is 5.32. The summed E-state index contributed by atoms with van der Waals surface area (Å²) in [6.07, 6.45) is 2.91. The van der Waals surface area contributed by atoms with Crippen molar-refractivity contribution in [3.05, 3.63) is 0 Å². The summed E-state index contributed by atoms with van der Waals surface area (Å²) in [6.45, 7) is 2.28. The minimum absolute atomic E-state index is 0.444. The fraction of sp³-hybridized carbons (Fsp3) is 1.00. The van der Waals surface area contributed by atoms with Crippen molar-refractivity contribution in [3.63, 3.8) is 0 Å². The Balaban J connectivity index is 2.41. The van der Waals surface area contributed by atoms with Gasteiger partial charge in [-0.05, 0) is 25.8 Å². The Labute approximate surface area is 63.0 Å². The van der Waals surface area contributed by atoms with Gasteiger partial charge in [0.25, 0.3) is 0 Å². The van der Waals surface area contributed by atoms with Gasteiger partial charge in [-0.2, -0.15) is 0 Å². The van der Waals surface area contributed by atoms with Gasteiger partial charge in [0.05, 0.1) is 6.10 Å². The zero-order valence-electron chi connectivity index (χ0n) is 7.05. The summed E-state index contributed by atoms with van der Waals surface area (Å²) in [5, 5.41) is 3.27. The molecule has 1 aliphatic carbocycles. The van der Waals surface area contributed by atoms with Gasteiger partial charge in [0.2, 0.25) is 0 Å². The highest BCUT2D eigenvalue weighted by Crippen LogP contribution is 2.26. The molecule has 0 radical (unpaired) electrons. The van der Waals surface area contributed by atoms with E-state index in [-0.39, 0.29) is 0 Å². The van der Waals surface area contributed by atoms with E-state index in [1.54, 1.807) is 7.11 Å². The summed E-state index contributed by atoms with van der Waals surface area (Å²) in [4.78, 5) is 0. The third kappa shape index (κ3) is 1.50. The standard InChI is InChI=1S/C8H17NO/c1-6-4-7(9-2)8(5-6)10-3/h6-9H,4-5H2,1-3H3. The molecule has 0 bridgehead atoms. The Morgan fingerprint density at radius 1 is 1.40 bits per heavy atom. The number of methoxy groups -OCH3 is 1. The average Bonchev–Trinajstić information content (AvgIpc) is 2.30. The molecule has 1 rings (SSSR count). The summed E-state index contributed by atoms with van der Waals surface area (Å²) in [5.74, 6) is 0.822. The molecule has 0 aromatic rings. The Morgan fingerprint density at radius 2 is 2.10 bits per heavy atom. The monoisotopic (exact) mass is 143 g/mol. The molecule has 0 saturated heterocycles. The molecule has 0 spiro atoms. The maximum Gasteiger partial charge on any atom is 0.0726 e. The van der Waals surface area contributed by atoms with E-state index in [4.69, 9.17) is 4.74 Å². The Bertz CT molecular complexity index is 93.4. The summed E-state index contributed by atoms with van der Waals surface area (Å²) in [7, 11) is 3.81. The van der Waals surface area contributed by atoms with Gasteiger partial charge in [0, 0.05) is 13.2 Å². The highest BCUT2D eigenvalue weighted by Gasteiger charge is 2.30. The molecule has 0 aromatic heterocycles. The van der Waals surface area contributed by atoms with Crippen molar-refractivity contribution >= 4 is 0 Å². The molecule has 2 nitrogen and oxygen atoms in total. The van der Waals surface area contributed by atoms with E-state index < -0.39 is 0 Å². The molecule has 1 fully saturated rings. The minimum atomic E-state index is 0.444. The van der Waals surface area contributed by atoms with Gasteiger partial charge < -0.3 is 10.1 Å². The quantitative estimate of drug-likeness (QED) is 0.623. The van der Waals surface area contributed by atoms with Gasteiger partial charge in [0.1, 0.15) is 0 Å². The summed E-state index contributed by atoms with van der Waals surface area (Å²) >= 11 is 0. The van der Waals surface area contributed by atoms with Crippen LogP contribution in [0.15, 0.2) is 0 Å². The van der Waals surface area contributed by atoms with Crippen molar-refractivity contribution in [2.24, 2.45) is 5.92 Å². The van der Waals surface area contributed by atoms with E-state index in [9.17, 15) is 0 Å². The lowest BCUT2D eigenvalue weighted by atomic mass is 10.1. The lowest BCUT2D eigenvalue weighted by Crippen LogP contribution is -2.33. The predicted octanol–water partition coefficient (Wildman–Crippen LogP) is 1.02.